The van der Waals surface area contributed by atoms with E-state index in [1.807, 2.05) is 18.2 Å². The molecule has 0 amide bonds. The smallest absolute Gasteiger partial charge is 0.225 e. The van der Waals surface area contributed by atoms with Crippen LogP contribution in [0.5, 0.6) is 5.75 Å². The first-order chi connectivity index (χ1) is 10.9. The minimum atomic E-state index is 0.00897. The highest BCUT2D eigenvalue weighted by atomic mass is 16.5. The second-order valence-electron chi connectivity index (χ2n) is 5.98. The fraction of sp³-hybridized carbons (Fsp3) is 0.438. The van der Waals surface area contributed by atoms with Crippen molar-refractivity contribution in [2.24, 2.45) is 11.3 Å². The molecule has 22 heavy (non-hydrogen) atoms. The number of pyridine rings is 1. The molecule has 4 heterocycles. The van der Waals surface area contributed by atoms with Crippen LogP contribution in [-0.2, 0) is 4.74 Å². The molecule has 0 aromatic carbocycles. The lowest BCUT2D eigenvalue weighted by Crippen LogP contribution is -2.37. The minimum Gasteiger partial charge on any atom is -0.491 e. The summed E-state index contributed by atoms with van der Waals surface area (Å²) in [6.45, 7) is 3.91. The summed E-state index contributed by atoms with van der Waals surface area (Å²) < 4.78 is 11.7. The lowest BCUT2D eigenvalue weighted by molar-refractivity contribution is 0.110. The maximum absolute atomic E-state index is 5.97. The van der Waals surface area contributed by atoms with Gasteiger partial charge in [0.25, 0.3) is 0 Å². The molecule has 0 radical (unpaired) electrons. The van der Waals surface area contributed by atoms with Gasteiger partial charge < -0.3 is 14.4 Å². The average molecular weight is 298 g/mol. The van der Waals surface area contributed by atoms with Crippen LogP contribution in [-0.4, -0.2) is 47.9 Å². The first-order valence-corrected chi connectivity index (χ1v) is 7.48. The van der Waals surface area contributed by atoms with Gasteiger partial charge in [-0.05, 0) is 18.2 Å². The van der Waals surface area contributed by atoms with E-state index in [2.05, 4.69) is 19.9 Å². The quantitative estimate of drug-likeness (QED) is 0.850. The summed E-state index contributed by atoms with van der Waals surface area (Å²) in [7, 11) is 0. The van der Waals surface area contributed by atoms with Gasteiger partial charge in [-0.2, -0.15) is 0 Å². The van der Waals surface area contributed by atoms with Crippen molar-refractivity contribution in [2.75, 3.05) is 37.8 Å². The topological polar surface area (TPSA) is 60.4 Å². The third kappa shape index (κ3) is 2.39. The number of rotatable bonds is 4. The number of nitrogens with zero attached hydrogens (tertiary/aromatic N) is 4. The summed E-state index contributed by atoms with van der Waals surface area (Å²) in [4.78, 5) is 15.0. The summed E-state index contributed by atoms with van der Waals surface area (Å²) in [5, 5.41) is 0. The number of fused-ring (bicyclic) bond motifs is 1. The molecule has 6 nitrogen and oxygen atoms in total. The third-order valence-corrected chi connectivity index (χ3v) is 4.52. The molecule has 6 heteroatoms. The number of aromatic nitrogens is 3. The first-order valence-electron chi connectivity index (χ1n) is 7.48. The summed E-state index contributed by atoms with van der Waals surface area (Å²) in [5.41, 5.74) is 0.00897. The van der Waals surface area contributed by atoms with E-state index in [0.717, 1.165) is 38.0 Å². The minimum absolute atomic E-state index is 0.00897. The van der Waals surface area contributed by atoms with Crippen molar-refractivity contribution < 1.29 is 9.47 Å². The number of hydrogen-bond donors (Lipinski definition) is 0. The van der Waals surface area contributed by atoms with E-state index >= 15 is 0 Å². The Labute approximate surface area is 129 Å². The Hall–Kier alpha value is -2.21. The van der Waals surface area contributed by atoms with Crippen LogP contribution in [0.1, 0.15) is 0 Å². The summed E-state index contributed by atoms with van der Waals surface area (Å²) in [6.07, 6.45) is 7.06. The lowest BCUT2D eigenvalue weighted by Gasteiger charge is -2.26. The average Bonchev–Trinajstić information content (AvgIpc) is 3.12. The van der Waals surface area contributed by atoms with Gasteiger partial charge >= 0.3 is 0 Å². The van der Waals surface area contributed by atoms with Gasteiger partial charge in [0.15, 0.2) is 0 Å². The van der Waals surface area contributed by atoms with Gasteiger partial charge in [-0.3, -0.25) is 4.98 Å². The number of hydrogen-bond acceptors (Lipinski definition) is 6. The van der Waals surface area contributed by atoms with E-state index in [-0.39, 0.29) is 5.41 Å². The fourth-order valence-corrected chi connectivity index (χ4v) is 3.30. The largest absolute Gasteiger partial charge is 0.491 e. The molecule has 0 bridgehead atoms. The Bertz CT molecular complexity index is 625. The van der Waals surface area contributed by atoms with Gasteiger partial charge in [0.05, 0.1) is 31.4 Å². The van der Waals surface area contributed by atoms with Crippen molar-refractivity contribution >= 4 is 5.95 Å². The van der Waals surface area contributed by atoms with Crippen LogP contribution in [0, 0.1) is 11.3 Å². The van der Waals surface area contributed by atoms with Crippen LogP contribution < -0.4 is 9.64 Å². The van der Waals surface area contributed by atoms with E-state index < -0.39 is 0 Å². The molecule has 2 atom stereocenters. The van der Waals surface area contributed by atoms with Crippen molar-refractivity contribution in [3.05, 3.63) is 43.0 Å². The Morgan fingerprint density at radius 2 is 2.18 bits per heavy atom. The van der Waals surface area contributed by atoms with Gasteiger partial charge in [0.2, 0.25) is 5.95 Å². The standard InChI is InChI=1S/C16H18N4O2/c1-3-14(7-17-4-1)22-12-16-10-20(8-13(16)9-21-11-16)15-18-5-2-6-19-15/h1-7,13H,8-12H2/t13-,16+/m0/s1. The van der Waals surface area contributed by atoms with Gasteiger partial charge in [-0.1, -0.05) is 0 Å². The maximum Gasteiger partial charge on any atom is 0.225 e. The Morgan fingerprint density at radius 1 is 1.27 bits per heavy atom. The van der Waals surface area contributed by atoms with Crippen LogP contribution in [0.15, 0.2) is 43.0 Å². The molecule has 2 fully saturated rings. The van der Waals surface area contributed by atoms with Crippen LogP contribution in [0.25, 0.3) is 0 Å². The van der Waals surface area contributed by atoms with E-state index in [0.29, 0.717) is 12.5 Å². The van der Waals surface area contributed by atoms with E-state index in [4.69, 9.17) is 9.47 Å². The summed E-state index contributed by atoms with van der Waals surface area (Å²) in [5.74, 6) is 2.04. The maximum atomic E-state index is 5.97. The zero-order chi connectivity index (χ0) is 14.8. The summed E-state index contributed by atoms with van der Waals surface area (Å²) >= 11 is 0. The SMILES string of the molecule is c1cnc(N2C[C@H]3COC[C@@]3(COc3cccnc3)C2)nc1. The fourth-order valence-electron chi connectivity index (χ4n) is 3.30. The van der Waals surface area contributed by atoms with E-state index in [1.54, 1.807) is 24.8 Å². The van der Waals surface area contributed by atoms with Crippen molar-refractivity contribution in [1.29, 1.82) is 0 Å². The molecule has 4 rings (SSSR count). The molecule has 2 aromatic heterocycles. The highest BCUT2D eigenvalue weighted by molar-refractivity contribution is 5.33. The Balaban J connectivity index is 1.50. The molecule has 0 saturated carbocycles. The number of ether oxygens (including phenoxy) is 2. The predicted octanol–water partition coefficient (Wildman–Crippen LogP) is 1.40. The Morgan fingerprint density at radius 3 is 3.00 bits per heavy atom. The highest BCUT2D eigenvalue weighted by Gasteiger charge is 2.52. The molecule has 2 aliphatic heterocycles. The third-order valence-electron chi connectivity index (χ3n) is 4.52. The van der Waals surface area contributed by atoms with Crippen molar-refractivity contribution in [2.45, 2.75) is 0 Å². The van der Waals surface area contributed by atoms with E-state index in [1.165, 1.54) is 0 Å². The summed E-state index contributed by atoms with van der Waals surface area (Å²) in [6, 6.07) is 5.65. The van der Waals surface area contributed by atoms with Crippen molar-refractivity contribution in [3.8, 4) is 5.75 Å². The van der Waals surface area contributed by atoms with Gasteiger partial charge in [0, 0.05) is 37.6 Å². The molecule has 114 valence electrons. The Kier molecular flexibility index (Phi) is 3.38. The van der Waals surface area contributed by atoms with Gasteiger partial charge in [-0.15, -0.1) is 0 Å². The molecule has 0 N–H and O–H groups in total. The second kappa shape index (κ2) is 5.53. The second-order valence-corrected chi connectivity index (χ2v) is 5.98. The molecule has 0 spiro atoms. The molecule has 2 saturated heterocycles. The normalized spacial score (nSPS) is 26.9. The lowest BCUT2D eigenvalue weighted by atomic mass is 9.82. The van der Waals surface area contributed by atoms with Crippen LogP contribution in [0.2, 0.25) is 0 Å². The van der Waals surface area contributed by atoms with Crippen LogP contribution >= 0.6 is 0 Å². The molecule has 2 aromatic rings. The highest BCUT2D eigenvalue weighted by Crippen LogP contribution is 2.42. The molecular formula is C16H18N4O2. The van der Waals surface area contributed by atoms with Gasteiger partial charge in [0.1, 0.15) is 5.75 Å². The molecular weight excluding hydrogens is 280 g/mol. The predicted molar refractivity (Wildman–Crippen MR) is 80.7 cm³/mol. The first kappa shape index (κ1) is 13.5. The molecule has 2 aliphatic rings. The van der Waals surface area contributed by atoms with Crippen molar-refractivity contribution in [3.63, 3.8) is 0 Å². The van der Waals surface area contributed by atoms with Crippen molar-refractivity contribution in [1.82, 2.24) is 15.0 Å². The van der Waals surface area contributed by atoms with Gasteiger partial charge in [-0.25, -0.2) is 9.97 Å². The zero-order valence-corrected chi connectivity index (χ0v) is 12.3. The molecule has 0 unspecified atom stereocenters. The number of anilines is 1. The monoisotopic (exact) mass is 298 g/mol. The zero-order valence-electron chi connectivity index (χ0n) is 12.3. The van der Waals surface area contributed by atoms with Crippen LogP contribution in [0.4, 0.5) is 5.95 Å². The van der Waals surface area contributed by atoms with E-state index in [9.17, 15) is 0 Å². The van der Waals surface area contributed by atoms with Crippen LogP contribution in [0.3, 0.4) is 0 Å². The molecule has 0 aliphatic carbocycles.